The lowest BCUT2D eigenvalue weighted by Gasteiger charge is -2.22. The molecule has 3 heterocycles. The van der Waals surface area contributed by atoms with E-state index in [4.69, 9.17) is 10.1 Å². The van der Waals surface area contributed by atoms with E-state index in [-0.39, 0.29) is 11.7 Å². The molecular formula is C24H22N4OS. The third-order valence-electron chi connectivity index (χ3n) is 5.62. The van der Waals surface area contributed by atoms with Crippen LogP contribution in [0.5, 0.6) is 0 Å². The van der Waals surface area contributed by atoms with Crippen LogP contribution in [-0.2, 0) is 0 Å². The van der Waals surface area contributed by atoms with Gasteiger partial charge in [-0.3, -0.25) is 0 Å². The first kappa shape index (κ1) is 18.8. The summed E-state index contributed by atoms with van der Waals surface area (Å²) < 4.78 is 3.05. The van der Waals surface area contributed by atoms with Crippen LogP contribution in [-0.4, -0.2) is 24.7 Å². The standard InChI is InChI=1S/C24H22N4OS/c1-4-7-17(15(3)29)22-14(2)26-24-18-8-5-6-9-19(18)27-28(24)23(22)16-10-11-20-21(12-16)30-13-25-20/h5-6,8-13,17,29H,3-4,7H2,1-2H3. The molecule has 30 heavy (non-hydrogen) atoms. The van der Waals surface area contributed by atoms with Gasteiger partial charge >= 0.3 is 0 Å². The molecule has 1 unspecified atom stereocenters. The van der Waals surface area contributed by atoms with Gasteiger partial charge in [0.15, 0.2) is 5.65 Å². The van der Waals surface area contributed by atoms with Crippen molar-refractivity contribution in [2.24, 2.45) is 0 Å². The molecule has 5 nitrogen and oxygen atoms in total. The van der Waals surface area contributed by atoms with Crippen LogP contribution in [0.3, 0.4) is 0 Å². The van der Waals surface area contributed by atoms with Crippen LogP contribution in [0.4, 0.5) is 0 Å². The zero-order valence-electron chi connectivity index (χ0n) is 17.0. The molecule has 0 saturated heterocycles. The van der Waals surface area contributed by atoms with E-state index >= 15 is 0 Å². The summed E-state index contributed by atoms with van der Waals surface area (Å²) >= 11 is 1.62. The van der Waals surface area contributed by atoms with E-state index in [1.54, 1.807) is 11.3 Å². The number of aryl methyl sites for hydroxylation is 1. The monoisotopic (exact) mass is 414 g/mol. The minimum Gasteiger partial charge on any atom is -0.512 e. The number of hydrogen-bond donors (Lipinski definition) is 1. The second-order valence-electron chi connectivity index (χ2n) is 7.58. The maximum Gasteiger partial charge on any atom is 0.163 e. The number of thiazole rings is 1. The third-order valence-corrected chi connectivity index (χ3v) is 6.41. The highest BCUT2D eigenvalue weighted by Crippen LogP contribution is 2.39. The summed E-state index contributed by atoms with van der Waals surface area (Å²) in [6.07, 6.45) is 1.72. The molecule has 0 aliphatic heterocycles. The number of aliphatic hydroxyl groups excluding tert-OH is 1. The molecular weight excluding hydrogens is 392 g/mol. The van der Waals surface area contributed by atoms with Crippen molar-refractivity contribution in [2.45, 2.75) is 32.6 Å². The van der Waals surface area contributed by atoms with E-state index in [1.807, 2.05) is 41.2 Å². The van der Waals surface area contributed by atoms with Crippen molar-refractivity contribution in [1.29, 1.82) is 0 Å². The SMILES string of the molecule is C=C(O)C(CCC)c1c(C)nc2c3ccccc3nn2c1-c1ccc2ncsc2c1. The number of benzene rings is 2. The second kappa shape index (κ2) is 7.22. The van der Waals surface area contributed by atoms with Gasteiger partial charge in [-0.15, -0.1) is 11.3 Å². The van der Waals surface area contributed by atoms with Gasteiger partial charge in [0.25, 0.3) is 0 Å². The third kappa shape index (κ3) is 2.87. The average molecular weight is 415 g/mol. The smallest absolute Gasteiger partial charge is 0.163 e. The Kier molecular flexibility index (Phi) is 4.51. The van der Waals surface area contributed by atoms with Crippen LogP contribution in [0.15, 0.2) is 60.3 Å². The minimum absolute atomic E-state index is 0.165. The molecule has 0 aliphatic carbocycles. The lowest BCUT2D eigenvalue weighted by molar-refractivity contribution is 0.360. The Hall–Kier alpha value is -3.25. The Bertz CT molecular complexity index is 1420. The molecule has 0 amide bonds. The first-order valence-corrected chi connectivity index (χ1v) is 11.0. The van der Waals surface area contributed by atoms with Gasteiger partial charge in [-0.1, -0.05) is 38.1 Å². The predicted octanol–water partition coefficient (Wildman–Crippen LogP) is 6.42. The topological polar surface area (TPSA) is 63.3 Å². The summed E-state index contributed by atoms with van der Waals surface area (Å²) in [4.78, 5) is 9.34. The van der Waals surface area contributed by atoms with Crippen LogP contribution in [0.25, 0.3) is 38.0 Å². The predicted molar refractivity (Wildman–Crippen MR) is 123 cm³/mol. The summed E-state index contributed by atoms with van der Waals surface area (Å²) in [7, 11) is 0. The molecule has 2 aromatic carbocycles. The van der Waals surface area contributed by atoms with Gasteiger partial charge in [-0.05, 0) is 37.6 Å². The molecule has 0 bridgehead atoms. The zero-order chi connectivity index (χ0) is 20.8. The Morgan fingerprint density at radius 3 is 2.83 bits per heavy atom. The largest absolute Gasteiger partial charge is 0.512 e. The van der Waals surface area contributed by atoms with Crippen LogP contribution in [0.1, 0.15) is 36.9 Å². The van der Waals surface area contributed by atoms with Gasteiger partial charge in [0.05, 0.1) is 32.7 Å². The maximum atomic E-state index is 10.5. The summed E-state index contributed by atoms with van der Waals surface area (Å²) in [6, 6.07) is 14.3. The van der Waals surface area contributed by atoms with Crippen molar-refractivity contribution >= 4 is 38.1 Å². The van der Waals surface area contributed by atoms with Crippen LogP contribution >= 0.6 is 11.3 Å². The number of rotatable bonds is 5. The highest BCUT2D eigenvalue weighted by Gasteiger charge is 2.26. The van der Waals surface area contributed by atoms with Crippen LogP contribution in [0, 0.1) is 6.92 Å². The quantitative estimate of drug-likeness (QED) is 0.337. The molecule has 0 spiro atoms. The lowest BCUT2D eigenvalue weighted by atomic mass is 9.88. The summed E-state index contributed by atoms with van der Waals surface area (Å²) in [5, 5.41) is 16.4. The van der Waals surface area contributed by atoms with Crippen molar-refractivity contribution in [2.75, 3.05) is 0 Å². The lowest BCUT2D eigenvalue weighted by Crippen LogP contribution is -2.12. The first-order chi connectivity index (χ1) is 14.6. The summed E-state index contributed by atoms with van der Waals surface area (Å²) in [5.74, 6) is -0.0377. The van der Waals surface area contributed by atoms with Gasteiger partial charge < -0.3 is 5.11 Å². The molecule has 1 atom stereocenters. The molecule has 6 heteroatoms. The molecule has 5 rings (SSSR count). The number of fused-ring (bicyclic) bond motifs is 4. The van der Waals surface area contributed by atoms with E-state index in [0.29, 0.717) is 0 Å². The number of nitrogens with zero attached hydrogens (tertiary/aromatic N) is 4. The fraction of sp³-hybridized carbons (Fsp3) is 0.208. The molecule has 0 aliphatic rings. The van der Waals surface area contributed by atoms with E-state index in [1.165, 1.54) is 0 Å². The van der Waals surface area contributed by atoms with Crippen LogP contribution < -0.4 is 0 Å². The van der Waals surface area contributed by atoms with Gasteiger partial charge in [-0.2, -0.15) is 5.10 Å². The van der Waals surface area contributed by atoms with Gasteiger partial charge in [0, 0.05) is 28.1 Å². The van der Waals surface area contributed by atoms with Crippen molar-refractivity contribution in [3.05, 3.63) is 71.6 Å². The first-order valence-electron chi connectivity index (χ1n) is 10.1. The van der Waals surface area contributed by atoms with Gasteiger partial charge in [0.1, 0.15) is 0 Å². The van der Waals surface area contributed by atoms with Crippen molar-refractivity contribution < 1.29 is 5.11 Å². The summed E-state index contributed by atoms with van der Waals surface area (Å²) in [5.41, 5.74) is 8.43. The van der Waals surface area contributed by atoms with Gasteiger partial charge in [0.2, 0.25) is 0 Å². The van der Waals surface area contributed by atoms with E-state index in [9.17, 15) is 5.11 Å². The van der Waals surface area contributed by atoms with Gasteiger partial charge in [-0.25, -0.2) is 14.5 Å². The number of allylic oxidation sites excluding steroid dienone is 1. The maximum absolute atomic E-state index is 10.5. The Labute approximate surface area is 178 Å². The van der Waals surface area contributed by atoms with Crippen molar-refractivity contribution in [1.82, 2.24) is 19.6 Å². The molecule has 3 aromatic heterocycles. The fourth-order valence-corrected chi connectivity index (χ4v) is 4.97. The average Bonchev–Trinajstić information content (AvgIpc) is 3.35. The highest BCUT2D eigenvalue weighted by atomic mass is 32.1. The van der Waals surface area contributed by atoms with E-state index < -0.39 is 0 Å². The Morgan fingerprint density at radius 2 is 2.03 bits per heavy atom. The van der Waals surface area contributed by atoms with E-state index in [0.717, 1.165) is 62.1 Å². The molecule has 0 saturated carbocycles. The molecule has 1 N–H and O–H groups in total. The van der Waals surface area contributed by atoms with E-state index in [2.05, 4.69) is 36.7 Å². The highest BCUT2D eigenvalue weighted by molar-refractivity contribution is 7.16. The Morgan fingerprint density at radius 1 is 1.20 bits per heavy atom. The zero-order valence-corrected chi connectivity index (χ0v) is 17.8. The molecule has 0 radical (unpaired) electrons. The van der Waals surface area contributed by atoms with Crippen molar-refractivity contribution in [3.63, 3.8) is 0 Å². The van der Waals surface area contributed by atoms with Crippen LogP contribution in [0.2, 0.25) is 0 Å². The summed E-state index contributed by atoms with van der Waals surface area (Å²) in [6.45, 7) is 8.01. The minimum atomic E-state index is -0.202. The number of aromatic nitrogens is 4. The fourth-order valence-electron chi connectivity index (χ4n) is 4.25. The molecule has 0 fully saturated rings. The second-order valence-corrected chi connectivity index (χ2v) is 8.47. The van der Waals surface area contributed by atoms with Crippen molar-refractivity contribution in [3.8, 4) is 11.3 Å². The normalized spacial score (nSPS) is 12.7. The number of hydrogen-bond acceptors (Lipinski definition) is 5. The molecule has 5 aromatic rings. The molecule has 150 valence electrons. The Balaban J connectivity index is 1.92. The number of aliphatic hydroxyl groups is 1.